The van der Waals surface area contributed by atoms with E-state index in [2.05, 4.69) is 10.1 Å². The Morgan fingerprint density at radius 3 is 2.50 bits per heavy atom. The summed E-state index contributed by atoms with van der Waals surface area (Å²) >= 11 is 0. The molecule has 22 heavy (non-hydrogen) atoms. The zero-order valence-corrected chi connectivity index (χ0v) is 12.2. The maximum absolute atomic E-state index is 11.6. The fourth-order valence-electron chi connectivity index (χ4n) is 1.91. The summed E-state index contributed by atoms with van der Waals surface area (Å²) in [7, 11) is 1.18. The van der Waals surface area contributed by atoms with Crippen LogP contribution in [0, 0.1) is 0 Å². The van der Waals surface area contributed by atoms with Crippen LogP contribution in [0.3, 0.4) is 0 Å². The largest absolute Gasteiger partial charge is 0.467 e. The summed E-state index contributed by atoms with van der Waals surface area (Å²) in [5.74, 6) is -1.29. The van der Waals surface area contributed by atoms with Crippen molar-refractivity contribution in [1.29, 1.82) is 0 Å². The molecule has 1 heterocycles. The van der Waals surface area contributed by atoms with Crippen molar-refractivity contribution in [2.75, 3.05) is 20.3 Å². The molecular formula is C12H21NO9. The molecule has 0 unspecified atom stereocenters. The first-order valence-corrected chi connectivity index (χ1v) is 6.61. The van der Waals surface area contributed by atoms with E-state index in [0.717, 1.165) is 0 Å². The van der Waals surface area contributed by atoms with Crippen LogP contribution in [0.2, 0.25) is 0 Å². The molecule has 1 amide bonds. The number of aliphatic hydroxyl groups is 4. The zero-order chi connectivity index (χ0) is 16.9. The fourth-order valence-corrected chi connectivity index (χ4v) is 1.91. The molecule has 0 bridgehead atoms. The normalized spacial score (nSPS) is 30.6. The third-order valence-electron chi connectivity index (χ3n) is 3.13. The van der Waals surface area contributed by atoms with Crippen LogP contribution in [0.1, 0.15) is 6.92 Å². The SMILES string of the molecule is COC(=O)[C@@H](C)NC(=O)CO[C@H]1O[C@H]([C@H](O)CO)[C@H](O)[C@@H]1O. The summed E-state index contributed by atoms with van der Waals surface area (Å²) < 4.78 is 14.5. The van der Waals surface area contributed by atoms with Crippen molar-refractivity contribution >= 4 is 11.9 Å². The lowest BCUT2D eigenvalue weighted by atomic mass is 10.1. The standard InChI is InChI=1S/C12H21NO9/c1-5(11(19)20-2)13-7(16)4-21-12-9(18)8(17)10(22-12)6(15)3-14/h5-6,8-10,12,14-15,17-18H,3-4H2,1-2H3,(H,13,16)/t5-,6-,8-,9+,10-,12+/m1/s1. The second kappa shape index (κ2) is 8.36. The van der Waals surface area contributed by atoms with Crippen molar-refractivity contribution in [3.8, 4) is 0 Å². The molecular weight excluding hydrogens is 302 g/mol. The molecule has 10 nitrogen and oxygen atoms in total. The van der Waals surface area contributed by atoms with E-state index in [1.807, 2.05) is 0 Å². The summed E-state index contributed by atoms with van der Waals surface area (Å²) in [6.45, 7) is 0.206. The predicted octanol–water partition coefficient (Wildman–Crippen LogP) is -3.52. The minimum Gasteiger partial charge on any atom is -0.467 e. The number of hydrogen-bond donors (Lipinski definition) is 5. The number of methoxy groups -OCH3 is 1. The minimum atomic E-state index is -1.49. The number of rotatable bonds is 7. The van der Waals surface area contributed by atoms with Gasteiger partial charge in [-0.2, -0.15) is 0 Å². The predicted molar refractivity (Wildman–Crippen MR) is 69.3 cm³/mol. The van der Waals surface area contributed by atoms with Gasteiger partial charge in [0.05, 0.1) is 13.7 Å². The number of esters is 1. The van der Waals surface area contributed by atoms with Crippen molar-refractivity contribution in [3.05, 3.63) is 0 Å². The molecule has 10 heteroatoms. The van der Waals surface area contributed by atoms with Crippen molar-refractivity contribution < 1.29 is 44.2 Å². The van der Waals surface area contributed by atoms with Gasteiger partial charge in [-0.15, -0.1) is 0 Å². The van der Waals surface area contributed by atoms with Gasteiger partial charge in [0.25, 0.3) is 0 Å². The average Bonchev–Trinajstić information content (AvgIpc) is 2.79. The Bertz CT molecular complexity index is 391. The highest BCUT2D eigenvalue weighted by molar-refractivity contribution is 5.84. The molecule has 1 aliphatic rings. The smallest absolute Gasteiger partial charge is 0.328 e. The van der Waals surface area contributed by atoms with Gasteiger partial charge >= 0.3 is 5.97 Å². The fraction of sp³-hybridized carbons (Fsp3) is 0.833. The van der Waals surface area contributed by atoms with Crippen molar-refractivity contribution in [3.63, 3.8) is 0 Å². The molecule has 1 rings (SSSR count). The Morgan fingerprint density at radius 1 is 1.32 bits per heavy atom. The molecule has 5 N–H and O–H groups in total. The van der Waals surface area contributed by atoms with E-state index in [9.17, 15) is 24.9 Å². The zero-order valence-electron chi connectivity index (χ0n) is 12.2. The Morgan fingerprint density at radius 2 is 1.95 bits per heavy atom. The van der Waals surface area contributed by atoms with Crippen molar-refractivity contribution in [1.82, 2.24) is 5.32 Å². The van der Waals surface area contributed by atoms with Crippen LogP contribution in [-0.2, 0) is 23.8 Å². The first-order chi connectivity index (χ1) is 10.3. The lowest BCUT2D eigenvalue weighted by Crippen LogP contribution is -2.42. The number of amides is 1. The molecule has 0 aromatic carbocycles. The van der Waals surface area contributed by atoms with Crippen LogP contribution in [-0.4, -0.2) is 89.4 Å². The monoisotopic (exact) mass is 323 g/mol. The molecule has 0 saturated carbocycles. The van der Waals surface area contributed by atoms with Gasteiger partial charge in [-0.25, -0.2) is 4.79 Å². The molecule has 1 saturated heterocycles. The lowest BCUT2D eigenvalue weighted by Gasteiger charge is -2.18. The van der Waals surface area contributed by atoms with Gasteiger partial charge in [0.2, 0.25) is 5.91 Å². The summed E-state index contributed by atoms with van der Waals surface area (Å²) in [4.78, 5) is 22.7. The highest BCUT2D eigenvalue weighted by atomic mass is 16.7. The van der Waals surface area contributed by atoms with Gasteiger partial charge in [0.1, 0.15) is 37.1 Å². The number of aliphatic hydroxyl groups excluding tert-OH is 4. The molecule has 0 aromatic heterocycles. The molecule has 0 aliphatic carbocycles. The van der Waals surface area contributed by atoms with Crippen molar-refractivity contribution in [2.45, 2.75) is 43.7 Å². The Kier molecular flexibility index (Phi) is 7.13. The van der Waals surface area contributed by atoms with Crippen LogP contribution in [0.5, 0.6) is 0 Å². The van der Waals surface area contributed by atoms with Gasteiger partial charge in [-0.3, -0.25) is 4.79 Å². The number of hydrogen-bond acceptors (Lipinski definition) is 9. The summed E-state index contributed by atoms with van der Waals surface area (Å²) in [6.07, 6.45) is -6.94. The third-order valence-corrected chi connectivity index (χ3v) is 3.13. The van der Waals surface area contributed by atoms with E-state index in [4.69, 9.17) is 14.6 Å². The van der Waals surface area contributed by atoms with E-state index in [1.165, 1.54) is 14.0 Å². The van der Waals surface area contributed by atoms with E-state index < -0.39 is 61.8 Å². The van der Waals surface area contributed by atoms with E-state index >= 15 is 0 Å². The van der Waals surface area contributed by atoms with Gasteiger partial charge in [0.15, 0.2) is 6.29 Å². The number of carbonyl (C=O) groups is 2. The molecule has 1 aliphatic heterocycles. The molecule has 0 spiro atoms. The molecule has 128 valence electrons. The maximum Gasteiger partial charge on any atom is 0.328 e. The molecule has 6 atom stereocenters. The van der Waals surface area contributed by atoms with E-state index in [0.29, 0.717) is 0 Å². The Balaban J connectivity index is 2.44. The third kappa shape index (κ3) is 4.60. The van der Waals surface area contributed by atoms with Crippen LogP contribution in [0.15, 0.2) is 0 Å². The Labute approximate surface area is 126 Å². The number of carbonyl (C=O) groups excluding carboxylic acids is 2. The quantitative estimate of drug-likeness (QED) is 0.300. The summed E-state index contributed by atoms with van der Waals surface area (Å²) in [5.41, 5.74) is 0. The first kappa shape index (κ1) is 18.7. The second-order valence-corrected chi connectivity index (χ2v) is 4.82. The van der Waals surface area contributed by atoms with Crippen LogP contribution in [0.4, 0.5) is 0 Å². The van der Waals surface area contributed by atoms with Crippen molar-refractivity contribution in [2.24, 2.45) is 0 Å². The van der Waals surface area contributed by atoms with Gasteiger partial charge in [-0.05, 0) is 6.92 Å². The average molecular weight is 323 g/mol. The van der Waals surface area contributed by atoms with Gasteiger partial charge in [0, 0.05) is 0 Å². The van der Waals surface area contributed by atoms with Crippen LogP contribution in [0.25, 0.3) is 0 Å². The van der Waals surface area contributed by atoms with Gasteiger partial charge < -0.3 is 40.0 Å². The molecule has 0 aromatic rings. The topological polar surface area (TPSA) is 155 Å². The highest BCUT2D eigenvalue weighted by Gasteiger charge is 2.46. The summed E-state index contributed by atoms with van der Waals surface area (Å²) in [5, 5.41) is 39.9. The van der Waals surface area contributed by atoms with Crippen LogP contribution >= 0.6 is 0 Å². The van der Waals surface area contributed by atoms with E-state index in [1.54, 1.807) is 0 Å². The van der Waals surface area contributed by atoms with Crippen LogP contribution < -0.4 is 5.32 Å². The highest BCUT2D eigenvalue weighted by Crippen LogP contribution is 2.24. The first-order valence-electron chi connectivity index (χ1n) is 6.61. The van der Waals surface area contributed by atoms with E-state index in [-0.39, 0.29) is 0 Å². The molecule has 0 radical (unpaired) electrons. The second-order valence-electron chi connectivity index (χ2n) is 4.82. The molecule has 1 fully saturated rings. The number of ether oxygens (including phenoxy) is 3. The Hall–Kier alpha value is -1.30. The lowest BCUT2D eigenvalue weighted by molar-refractivity contribution is -0.184. The minimum absolute atomic E-state index is 0.544. The number of nitrogens with one attached hydrogen (secondary N) is 1. The summed E-state index contributed by atoms with van der Waals surface area (Å²) in [6, 6.07) is -0.870. The van der Waals surface area contributed by atoms with Gasteiger partial charge in [-0.1, -0.05) is 0 Å². The maximum atomic E-state index is 11.6.